The molecule has 1 aromatic rings. The third-order valence-corrected chi connectivity index (χ3v) is 3.52. The molecule has 17 heavy (non-hydrogen) atoms. The molecule has 0 saturated carbocycles. The van der Waals surface area contributed by atoms with E-state index in [4.69, 9.17) is 14.2 Å². The van der Waals surface area contributed by atoms with Crippen LogP contribution in [0.2, 0.25) is 0 Å². The molecular weight excluding hydrogens is 239 g/mol. The number of hydrogen-bond donors (Lipinski definition) is 1. The summed E-state index contributed by atoms with van der Waals surface area (Å²) >= 11 is 0. The Morgan fingerprint density at radius 1 is 1.24 bits per heavy atom. The van der Waals surface area contributed by atoms with Crippen LogP contribution in [0.15, 0.2) is 24.3 Å². The van der Waals surface area contributed by atoms with Crippen molar-refractivity contribution >= 4 is 8.25 Å². The van der Waals surface area contributed by atoms with Crippen LogP contribution in [0.4, 0.5) is 0 Å². The molecule has 1 aromatic carbocycles. The van der Waals surface area contributed by atoms with Crippen molar-refractivity contribution in [2.75, 3.05) is 7.11 Å². The first-order chi connectivity index (χ1) is 8.07. The molecule has 0 heterocycles. The highest BCUT2D eigenvalue weighted by Crippen LogP contribution is 2.40. The molecule has 1 rings (SSSR count). The van der Waals surface area contributed by atoms with Crippen LogP contribution in [0.5, 0.6) is 5.75 Å². The zero-order chi connectivity index (χ0) is 12.9. The highest BCUT2D eigenvalue weighted by atomic mass is 31.1. The van der Waals surface area contributed by atoms with Crippen molar-refractivity contribution in [1.29, 1.82) is 0 Å². The van der Waals surface area contributed by atoms with E-state index < -0.39 is 13.9 Å². The summed E-state index contributed by atoms with van der Waals surface area (Å²) in [5, 5.41) is 0. The standard InChI is InChI=1S/C12H17O4P/c1-4-12(5-2,16-17(13)14)10-6-8-11(15-3)9-7-10/h6-9H,4-5H2,1-3H3/p+1. The minimum absolute atomic E-state index is 0.636. The Labute approximate surface area is 103 Å². The topological polar surface area (TPSA) is 55.8 Å². The highest BCUT2D eigenvalue weighted by Gasteiger charge is 2.39. The van der Waals surface area contributed by atoms with Crippen LogP contribution in [0, 0.1) is 0 Å². The van der Waals surface area contributed by atoms with E-state index in [1.807, 2.05) is 38.1 Å². The van der Waals surface area contributed by atoms with Gasteiger partial charge in [0.15, 0.2) is 5.60 Å². The molecular formula is C12H18O4P+. The van der Waals surface area contributed by atoms with Crippen LogP contribution >= 0.6 is 8.25 Å². The average Bonchev–Trinajstić information content (AvgIpc) is 2.36. The lowest BCUT2D eigenvalue weighted by atomic mass is 9.89. The van der Waals surface area contributed by atoms with Gasteiger partial charge in [-0.3, -0.25) is 0 Å². The van der Waals surface area contributed by atoms with Gasteiger partial charge in [0.25, 0.3) is 0 Å². The van der Waals surface area contributed by atoms with Gasteiger partial charge in [-0.05, 0) is 30.5 Å². The summed E-state index contributed by atoms with van der Waals surface area (Å²) in [6, 6.07) is 7.38. The lowest BCUT2D eigenvalue weighted by Crippen LogP contribution is -2.25. The molecule has 0 bridgehead atoms. The van der Waals surface area contributed by atoms with Crippen molar-refractivity contribution < 1.29 is 18.7 Å². The molecule has 0 amide bonds. The molecule has 5 heteroatoms. The van der Waals surface area contributed by atoms with Gasteiger partial charge in [0, 0.05) is 4.57 Å². The smallest absolute Gasteiger partial charge is 0.497 e. The maximum absolute atomic E-state index is 10.9. The summed E-state index contributed by atoms with van der Waals surface area (Å²) in [5.74, 6) is 0.753. The van der Waals surface area contributed by atoms with Gasteiger partial charge in [-0.2, -0.15) is 0 Å². The lowest BCUT2D eigenvalue weighted by molar-refractivity contribution is 0.0536. The summed E-state index contributed by atoms with van der Waals surface area (Å²) in [5.41, 5.74) is 0.190. The summed E-state index contributed by atoms with van der Waals surface area (Å²) < 4.78 is 21.2. The van der Waals surface area contributed by atoms with Crippen molar-refractivity contribution in [3.63, 3.8) is 0 Å². The monoisotopic (exact) mass is 257 g/mol. The van der Waals surface area contributed by atoms with Crippen LogP contribution in [0.3, 0.4) is 0 Å². The van der Waals surface area contributed by atoms with Gasteiger partial charge >= 0.3 is 8.25 Å². The van der Waals surface area contributed by atoms with E-state index in [-0.39, 0.29) is 0 Å². The van der Waals surface area contributed by atoms with Crippen LogP contribution in [0.25, 0.3) is 0 Å². The van der Waals surface area contributed by atoms with Crippen molar-refractivity contribution in [1.82, 2.24) is 0 Å². The first-order valence-corrected chi connectivity index (χ1v) is 6.70. The fourth-order valence-electron chi connectivity index (χ4n) is 1.88. The molecule has 1 atom stereocenters. The Morgan fingerprint density at radius 3 is 2.12 bits per heavy atom. The van der Waals surface area contributed by atoms with Crippen LogP contribution < -0.4 is 4.74 Å². The molecule has 0 saturated heterocycles. The Hall–Kier alpha value is -0.960. The van der Waals surface area contributed by atoms with Gasteiger partial charge < -0.3 is 4.74 Å². The molecule has 0 aliphatic heterocycles. The molecule has 0 aromatic heterocycles. The summed E-state index contributed by atoms with van der Waals surface area (Å²) in [6.07, 6.45) is 1.27. The zero-order valence-electron chi connectivity index (χ0n) is 10.3. The summed E-state index contributed by atoms with van der Waals surface area (Å²) in [7, 11) is -1.02. The van der Waals surface area contributed by atoms with Crippen LogP contribution in [-0.2, 0) is 14.7 Å². The van der Waals surface area contributed by atoms with Crippen molar-refractivity contribution in [2.45, 2.75) is 32.3 Å². The van der Waals surface area contributed by atoms with Crippen molar-refractivity contribution in [3.05, 3.63) is 29.8 Å². The van der Waals surface area contributed by atoms with E-state index in [2.05, 4.69) is 0 Å². The van der Waals surface area contributed by atoms with E-state index in [0.717, 1.165) is 11.3 Å². The molecule has 0 radical (unpaired) electrons. The van der Waals surface area contributed by atoms with Crippen molar-refractivity contribution in [3.8, 4) is 5.75 Å². The minimum atomic E-state index is -2.62. The second-order valence-electron chi connectivity index (χ2n) is 3.76. The first-order valence-electron chi connectivity index (χ1n) is 5.57. The second-order valence-corrected chi connectivity index (χ2v) is 4.42. The van der Waals surface area contributed by atoms with E-state index in [9.17, 15) is 4.57 Å². The average molecular weight is 257 g/mol. The molecule has 1 N–H and O–H groups in total. The number of methoxy groups -OCH3 is 1. The molecule has 0 spiro atoms. The van der Waals surface area contributed by atoms with Gasteiger partial charge in [0.1, 0.15) is 5.75 Å². The minimum Gasteiger partial charge on any atom is -0.497 e. The predicted molar refractivity (Wildman–Crippen MR) is 66.2 cm³/mol. The number of rotatable bonds is 6. The van der Waals surface area contributed by atoms with E-state index in [1.165, 1.54) is 0 Å². The second kappa shape index (κ2) is 6.10. The summed E-state index contributed by atoms with van der Waals surface area (Å²) in [4.78, 5) is 8.97. The van der Waals surface area contributed by atoms with Gasteiger partial charge in [-0.15, -0.1) is 9.42 Å². The number of ether oxygens (including phenoxy) is 1. The maximum atomic E-state index is 10.9. The highest BCUT2D eigenvalue weighted by molar-refractivity contribution is 7.32. The molecule has 94 valence electrons. The molecule has 0 aliphatic rings. The van der Waals surface area contributed by atoms with Crippen LogP contribution in [-0.4, -0.2) is 12.0 Å². The Bertz CT molecular complexity index is 371. The zero-order valence-corrected chi connectivity index (χ0v) is 11.2. The largest absolute Gasteiger partial charge is 0.695 e. The fourth-order valence-corrected chi connectivity index (χ4v) is 2.55. The van der Waals surface area contributed by atoms with E-state index in [0.29, 0.717) is 12.8 Å². The van der Waals surface area contributed by atoms with Crippen LogP contribution in [0.1, 0.15) is 32.3 Å². The normalized spacial score (nSPS) is 12.4. The first kappa shape index (κ1) is 14.1. The SMILES string of the molecule is CCC(CC)(O[P+](=O)O)c1ccc(OC)cc1. The Kier molecular flexibility index (Phi) is 5.06. The summed E-state index contributed by atoms with van der Waals surface area (Å²) in [6.45, 7) is 3.87. The van der Waals surface area contributed by atoms with Gasteiger partial charge in [-0.25, -0.2) is 0 Å². The third-order valence-electron chi connectivity index (χ3n) is 3.01. The van der Waals surface area contributed by atoms with Gasteiger partial charge in [0.05, 0.1) is 7.11 Å². The molecule has 4 nitrogen and oxygen atoms in total. The van der Waals surface area contributed by atoms with Gasteiger partial charge in [-0.1, -0.05) is 26.0 Å². The molecule has 0 aliphatic carbocycles. The quantitative estimate of drug-likeness (QED) is 0.794. The number of benzene rings is 1. The number of hydrogen-bond acceptors (Lipinski definition) is 3. The lowest BCUT2D eigenvalue weighted by Gasteiger charge is -2.25. The third kappa shape index (κ3) is 3.25. The molecule has 1 unspecified atom stereocenters. The van der Waals surface area contributed by atoms with E-state index in [1.54, 1.807) is 7.11 Å². The fraction of sp³-hybridized carbons (Fsp3) is 0.500. The van der Waals surface area contributed by atoms with Gasteiger partial charge in [0.2, 0.25) is 0 Å². The predicted octanol–water partition coefficient (Wildman–Crippen LogP) is 3.38. The van der Waals surface area contributed by atoms with E-state index >= 15 is 0 Å². The Balaban J connectivity index is 3.07. The molecule has 0 fully saturated rings. The van der Waals surface area contributed by atoms with Crippen molar-refractivity contribution in [2.24, 2.45) is 0 Å². The Morgan fingerprint density at radius 2 is 1.76 bits per heavy atom. The maximum Gasteiger partial charge on any atom is 0.695 e.